The van der Waals surface area contributed by atoms with Crippen LogP contribution in [0.1, 0.15) is 0 Å². The summed E-state index contributed by atoms with van der Waals surface area (Å²) < 4.78 is 13.5. The molecule has 90 heavy (non-hydrogen) atoms. The van der Waals surface area contributed by atoms with Gasteiger partial charge in [-0.1, -0.05) is 261 Å². The molecule has 19 rings (SSSR count). The average Bonchev–Trinajstić information content (AvgIpc) is 2.03. The summed E-state index contributed by atoms with van der Waals surface area (Å²) >= 11 is 0. The van der Waals surface area contributed by atoms with Crippen LogP contribution in [-0.2, 0) is 0 Å². The highest BCUT2D eigenvalue weighted by atomic mass is 16.3. The van der Waals surface area contributed by atoms with Gasteiger partial charge >= 0.3 is 0 Å². The van der Waals surface area contributed by atoms with Crippen molar-refractivity contribution in [3.63, 3.8) is 0 Å². The van der Waals surface area contributed by atoms with Gasteiger partial charge in [0.05, 0.1) is 0 Å². The van der Waals surface area contributed by atoms with Crippen LogP contribution < -0.4 is 0 Å². The van der Waals surface area contributed by atoms with Crippen LogP contribution in [0.3, 0.4) is 0 Å². The van der Waals surface area contributed by atoms with Gasteiger partial charge in [0, 0.05) is 27.1 Å². The van der Waals surface area contributed by atoms with Gasteiger partial charge in [-0.25, -0.2) is 0 Å². The van der Waals surface area contributed by atoms with Crippen LogP contribution in [0.5, 0.6) is 0 Å². The predicted octanol–water partition coefficient (Wildman–Crippen LogP) is 25.2. The molecular formula is C88H52O2. The summed E-state index contributed by atoms with van der Waals surface area (Å²) in [7, 11) is 0. The quantitative estimate of drug-likeness (QED) is 0.149. The van der Waals surface area contributed by atoms with Gasteiger partial charge < -0.3 is 8.83 Å². The lowest BCUT2D eigenvalue weighted by molar-refractivity contribution is 0.669. The molecule has 2 nitrogen and oxygen atoms in total. The lowest BCUT2D eigenvalue weighted by Gasteiger charge is -2.18. The molecule has 0 bridgehead atoms. The second-order valence-corrected chi connectivity index (χ2v) is 24.2. The molecule has 2 heterocycles. The number of furan rings is 2. The third-order valence-corrected chi connectivity index (χ3v) is 19.2. The Labute approximate surface area is 518 Å². The van der Waals surface area contributed by atoms with Crippen molar-refractivity contribution < 1.29 is 8.83 Å². The molecule has 2 heteroatoms. The number of benzene rings is 17. The van der Waals surface area contributed by atoms with Gasteiger partial charge in [-0.2, -0.15) is 0 Å². The average molecular weight is 1140 g/mol. The highest BCUT2D eigenvalue weighted by Crippen LogP contribution is 2.49. The molecule has 0 atom stereocenters. The van der Waals surface area contributed by atoms with Crippen molar-refractivity contribution in [2.75, 3.05) is 0 Å². The Hall–Kier alpha value is -11.8. The Morgan fingerprint density at radius 3 is 1.11 bits per heavy atom. The van der Waals surface area contributed by atoms with Crippen molar-refractivity contribution in [2.24, 2.45) is 0 Å². The molecule has 0 radical (unpaired) electrons. The van der Waals surface area contributed by atoms with Crippen molar-refractivity contribution in [2.45, 2.75) is 0 Å². The lowest BCUT2D eigenvalue weighted by Crippen LogP contribution is -1.91. The highest BCUT2D eigenvalue weighted by molar-refractivity contribution is 6.26. The molecular weight excluding hydrogens is 1090 g/mol. The van der Waals surface area contributed by atoms with E-state index in [2.05, 4.69) is 315 Å². The summed E-state index contributed by atoms with van der Waals surface area (Å²) in [6.45, 7) is 0. The molecule has 19 aromatic rings. The fraction of sp³-hybridized carbons (Fsp3) is 0. The number of fused-ring (bicyclic) bond motifs is 14. The van der Waals surface area contributed by atoms with E-state index in [1.165, 1.54) is 125 Å². The van der Waals surface area contributed by atoms with Crippen LogP contribution in [0.2, 0.25) is 0 Å². The van der Waals surface area contributed by atoms with Crippen molar-refractivity contribution in [1.82, 2.24) is 0 Å². The van der Waals surface area contributed by atoms with Crippen LogP contribution in [-0.4, -0.2) is 0 Å². The molecule has 0 aliphatic heterocycles. The predicted molar refractivity (Wildman–Crippen MR) is 382 cm³/mol. The second-order valence-electron chi connectivity index (χ2n) is 24.2. The van der Waals surface area contributed by atoms with E-state index in [0.29, 0.717) is 0 Å². The number of rotatable bonds is 7. The van der Waals surface area contributed by atoms with Gasteiger partial charge in [0.1, 0.15) is 22.3 Å². The van der Waals surface area contributed by atoms with Crippen LogP contribution in [0.25, 0.3) is 197 Å². The van der Waals surface area contributed by atoms with E-state index < -0.39 is 0 Å². The zero-order chi connectivity index (χ0) is 59.0. The first-order chi connectivity index (χ1) is 44.6. The van der Waals surface area contributed by atoms with E-state index in [-0.39, 0.29) is 0 Å². The zero-order valence-electron chi connectivity index (χ0n) is 48.8. The van der Waals surface area contributed by atoms with Crippen molar-refractivity contribution in [1.29, 1.82) is 0 Å². The van der Waals surface area contributed by atoms with Crippen LogP contribution >= 0.6 is 0 Å². The van der Waals surface area contributed by atoms with Gasteiger partial charge in [0.15, 0.2) is 0 Å². The largest absolute Gasteiger partial charge is 0.456 e. The van der Waals surface area contributed by atoms with Gasteiger partial charge in [0.2, 0.25) is 0 Å². The number of hydrogen-bond acceptors (Lipinski definition) is 2. The monoisotopic (exact) mass is 1140 g/mol. The van der Waals surface area contributed by atoms with E-state index >= 15 is 0 Å². The minimum atomic E-state index is 0.868. The summed E-state index contributed by atoms with van der Waals surface area (Å²) in [5.74, 6) is 0. The molecule has 17 aromatic carbocycles. The fourth-order valence-electron chi connectivity index (χ4n) is 15.0. The minimum Gasteiger partial charge on any atom is -0.456 e. The molecule has 0 aliphatic rings. The molecule has 0 saturated heterocycles. The Balaban J connectivity index is 0.684. The molecule has 0 saturated carbocycles. The zero-order valence-corrected chi connectivity index (χ0v) is 48.8. The van der Waals surface area contributed by atoms with Crippen molar-refractivity contribution in [3.05, 3.63) is 315 Å². The van der Waals surface area contributed by atoms with E-state index in [1.54, 1.807) is 0 Å². The lowest BCUT2D eigenvalue weighted by atomic mass is 9.85. The third-order valence-electron chi connectivity index (χ3n) is 19.2. The molecule has 2 aromatic heterocycles. The van der Waals surface area contributed by atoms with Crippen molar-refractivity contribution >= 4 is 119 Å². The molecule has 0 fully saturated rings. The Kier molecular flexibility index (Phi) is 11.1. The van der Waals surface area contributed by atoms with Crippen molar-refractivity contribution in [3.8, 4) is 77.9 Å². The normalized spacial score (nSPS) is 12.0. The summed E-state index contributed by atoms with van der Waals surface area (Å²) in [5, 5.41) is 21.5. The first kappa shape index (κ1) is 50.3. The Morgan fingerprint density at radius 2 is 0.544 bits per heavy atom. The van der Waals surface area contributed by atoms with Crippen LogP contribution in [0.4, 0.5) is 0 Å². The SMILES string of the molecule is c1cc(-c2ccc3ccccc3c2)cc(-c2c3ccccc3c(-c3ccc4oc5c(-c6ccc(-c7ccc(-c8c9ccccc9c(-c9ccc%10oc%11cc%12ccccc%12cc%11c%10c9)c9ccccc89)cc7)cc6)cc6ccccc6c5c4c3)c3ccccc23)c1. The Morgan fingerprint density at radius 1 is 0.167 bits per heavy atom. The third kappa shape index (κ3) is 7.85. The summed E-state index contributed by atoms with van der Waals surface area (Å²) in [6, 6.07) is 116. The minimum absolute atomic E-state index is 0.868. The maximum atomic E-state index is 7.06. The first-order valence-corrected chi connectivity index (χ1v) is 31.0. The van der Waals surface area contributed by atoms with E-state index in [0.717, 1.165) is 71.7 Å². The smallest absolute Gasteiger partial charge is 0.143 e. The topological polar surface area (TPSA) is 26.3 Å². The standard InChI is InChI=1S/C88H52O2/c1-2-17-58-46-62(41-36-53(58)16-1)59-21-15-22-64(47-59)84-72-28-11-13-30-74(72)86(75-31-14-12-29-73(75)84)66-43-45-81-79(51-66)87-67-23-6-5-20-63(67)49-76(88(87)90-81)56-37-32-54(33-38-56)55-34-39-57(40-35-55)83-68-24-7-9-26-70(68)85(71-27-10-8-25-69(71)83)65-42-44-80-77(50-65)78-48-60-18-3-4-19-61(60)52-82(78)89-80/h1-52H. The summed E-state index contributed by atoms with van der Waals surface area (Å²) in [6.07, 6.45) is 0. The number of hydrogen-bond donors (Lipinski definition) is 0. The van der Waals surface area contributed by atoms with E-state index in [1.807, 2.05) is 0 Å². The van der Waals surface area contributed by atoms with Crippen LogP contribution in [0, 0.1) is 0 Å². The van der Waals surface area contributed by atoms with E-state index in [9.17, 15) is 0 Å². The van der Waals surface area contributed by atoms with Gasteiger partial charge in [-0.3, -0.25) is 0 Å². The van der Waals surface area contributed by atoms with E-state index in [4.69, 9.17) is 8.83 Å². The van der Waals surface area contributed by atoms with Crippen LogP contribution in [0.15, 0.2) is 324 Å². The molecule has 0 aliphatic carbocycles. The summed E-state index contributed by atoms with van der Waals surface area (Å²) in [5.41, 5.74) is 20.1. The molecule has 0 amide bonds. The Bertz CT molecular complexity index is 6080. The molecule has 0 unspecified atom stereocenters. The second kappa shape index (κ2) is 19.8. The fourth-order valence-corrected chi connectivity index (χ4v) is 15.0. The molecule has 0 N–H and O–H groups in total. The summed E-state index contributed by atoms with van der Waals surface area (Å²) in [4.78, 5) is 0. The van der Waals surface area contributed by atoms with Gasteiger partial charge in [-0.05, 0) is 202 Å². The maximum absolute atomic E-state index is 7.06. The maximum Gasteiger partial charge on any atom is 0.143 e. The first-order valence-electron chi connectivity index (χ1n) is 31.0. The van der Waals surface area contributed by atoms with Gasteiger partial charge in [0.25, 0.3) is 0 Å². The highest BCUT2D eigenvalue weighted by Gasteiger charge is 2.23. The molecule has 0 spiro atoms. The van der Waals surface area contributed by atoms with Gasteiger partial charge in [-0.15, -0.1) is 0 Å². The molecule has 416 valence electrons.